The Morgan fingerprint density at radius 2 is 1.67 bits per heavy atom. The van der Waals surface area contributed by atoms with Crippen LogP contribution in [0, 0.1) is 0 Å². The summed E-state index contributed by atoms with van der Waals surface area (Å²) < 4.78 is 115. The molecule has 2 heterocycles. The van der Waals surface area contributed by atoms with Crippen molar-refractivity contribution in [2.45, 2.75) is 43.3 Å². The first kappa shape index (κ1) is 35.1. The second-order valence-electron chi connectivity index (χ2n) is 11.4. The van der Waals surface area contributed by atoms with E-state index in [1.165, 1.54) is 58.6 Å². The number of rotatable bonds is 8. The first-order valence-electron chi connectivity index (χ1n) is 14.3. The van der Waals surface area contributed by atoms with Crippen molar-refractivity contribution in [1.29, 1.82) is 0 Å². The Kier molecular flexibility index (Phi) is 9.25. The van der Waals surface area contributed by atoms with Crippen LogP contribution < -0.4 is 19.1 Å². The van der Waals surface area contributed by atoms with Gasteiger partial charge in [-0.1, -0.05) is 29.8 Å². The molecule has 1 unspecified atom stereocenters. The number of alkyl halides is 7. The summed E-state index contributed by atoms with van der Waals surface area (Å²) in [5, 5.41) is -0.872. The van der Waals surface area contributed by atoms with E-state index in [1.807, 2.05) is 0 Å². The SMILES string of the molecule is COc1ccc(CN2C(=O)C(c3ccccc3OC(F)(F)F)(N3C[C@H](F)C[C@H]3C(=O)N(C)C)c3cc(Cl)c(C(F)(F)F)cc32)c(OC)c1. The first-order valence-corrected chi connectivity index (χ1v) is 14.7. The number of methoxy groups -OCH3 is 2. The molecule has 2 aliphatic heterocycles. The Hall–Kier alpha value is -4.24. The first-order chi connectivity index (χ1) is 22.4. The molecule has 2 amide bonds. The minimum absolute atomic E-state index is 0.178. The van der Waals surface area contributed by atoms with Crippen molar-refractivity contribution in [2.75, 3.05) is 39.8 Å². The molecule has 5 rings (SSSR count). The average Bonchev–Trinajstić information content (AvgIpc) is 3.50. The average molecular weight is 704 g/mol. The van der Waals surface area contributed by atoms with Gasteiger partial charge in [0.15, 0.2) is 5.54 Å². The number of anilines is 1. The van der Waals surface area contributed by atoms with Crippen molar-refractivity contribution in [1.82, 2.24) is 9.80 Å². The maximum Gasteiger partial charge on any atom is 0.573 e. The van der Waals surface area contributed by atoms with E-state index in [-0.39, 0.29) is 22.6 Å². The standard InChI is InChI=1S/C32H29ClF7N3O5/c1-41(2)28(44)25-11-18(34)16-43(25)30(20-7-5-6-8-26(20)48-32(38,39)40)22-13-23(33)21(31(35,36)37)14-24(22)42(29(30)45)15-17-9-10-19(46-3)12-27(17)47-4/h5-10,12-14,18,25H,11,15-16H2,1-4H3/t18-,25+,30?/m1/s1. The molecule has 48 heavy (non-hydrogen) atoms. The zero-order chi connectivity index (χ0) is 35.3. The highest BCUT2D eigenvalue weighted by molar-refractivity contribution is 6.32. The van der Waals surface area contributed by atoms with Gasteiger partial charge in [0.25, 0.3) is 5.91 Å². The Bertz CT molecular complexity index is 1740. The monoisotopic (exact) mass is 703 g/mol. The van der Waals surface area contributed by atoms with E-state index < -0.39 is 83.5 Å². The quantitative estimate of drug-likeness (QED) is 0.248. The zero-order valence-electron chi connectivity index (χ0n) is 25.9. The fraction of sp³-hybridized carbons (Fsp3) is 0.375. The normalized spacial score (nSPS) is 21.3. The number of hydrogen-bond donors (Lipinski definition) is 0. The number of likely N-dealkylation sites (N-methyl/N-ethyl adjacent to an activating group) is 1. The van der Waals surface area contributed by atoms with E-state index in [0.29, 0.717) is 11.8 Å². The summed E-state index contributed by atoms with van der Waals surface area (Å²) in [5.41, 5.74) is -4.75. The zero-order valence-corrected chi connectivity index (χ0v) is 26.6. The number of halogens is 8. The molecule has 3 aromatic carbocycles. The lowest BCUT2D eigenvalue weighted by molar-refractivity contribution is -0.275. The van der Waals surface area contributed by atoms with Gasteiger partial charge in [0.2, 0.25) is 5.91 Å². The topological polar surface area (TPSA) is 71.5 Å². The number of benzene rings is 3. The summed E-state index contributed by atoms with van der Waals surface area (Å²) in [6.45, 7) is -1.10. The van der Waals surface area contributed by atoms with Crippen molar-refractivity contribution < 1.29 is 54.5 Å². The smallest absolute Gasteiger partial charge is 0.497 e. The largest absolute Gasteiger partial charge is 0.573 e. The van der Waals surface area contributed by atoms with Gasteiger partial charge in [-0.05, 0) is 30.3 Å². The third-order valence-electron chi connectivity index (χ3n) is 8.36. The Labute approximate surface area is 275 Å². The number of likely N-dealkylation sites (tertiary alicyclic amines) is 1. The number of fused-ring (bicyclic) bond motifs is 1. The third kappa shape index (κ3) is 6.09. The third-order valence-corrected chi connectivity index (χ3v) is 8.67. The van der Waals surface area contributed by atoms with Gasteiger partial charge in [0.05, 0.1) is 43.1 Å². The summed E-state index contributed by atoms with van der Waals surface area (Å²) in [5.74, 6) is -2.11. The van der Waals surface area contributed by atoms with E-state index in [1.54, 1.807) is 0 Å². The second-order valence-corrected chi connectivity index (χ2v) is 11.8. The number of para-hydroxylation sites is 1. The highest BCUT2D eigenvalue weighted by Crippen LogP contribution is 2.56. The van der Waals surface area contributed by atoms with Crippen LogP contribution in [0.2, 0.25) is 5.02 Å². The van der Waals surface area contributed by atoms with Crippen molar-refractivity contribution in [2.24, 2.45) is 0 Å². The van der Waals surface area contributed by atoms with Crippen LogP contribution in [0.1, 0.15) is 28.7 Å². The molecule has 1 fully saturated rings. The Morgan fingerprint density at radius 3 is 2.27 bits per heavy atom. The molecular weight excluding hydrogens is 675 g/mol. The van der Waals surface area contributed by atoms with E-state index in [0.717, 1.165) is 32.9 Å². The van der Waals surface area contributed by atoms with E-state index >= 15 is 9.18 Å². The maximum absolute atomic E-state index is 15.4. The fourth-order valence-corrected chi connectivity index (χ4v) is 6.65. The summed E-state index contributed by atoms with van der Waals surface area (Å²) in [7, 11) is 5.46. The lowest BCUT2D eigenvalue weighted by atomic mass is 9.80. The van der Waals surface area contributed by atoms with Crippen LogP contribution in [0.3, 0.4) is 0 Å². The van der Waals surface area contributed by atoms with E-state index in [9.17, 15) is 31.1 Å². The molecule has 8 nitrogen and oxygen atoms in total. The van der Waals surface area contributed by atoms with E-state index in [2.05, 4.69) is 4.74 Å². The van der Waals surface area contributed by atoms with Crippen LogP contribution in [0.25, 0.3) is 0 Å². The van der Waals surface area contributed by atoms with Crippen LogP contribution >= 0.6 is 11.6 Å². The van der Waals surface area contributed by atoms with Gasteiger partial charge in [-0.3, -0.25) is 14.5 Å². The van der Waals surface area contributed by atoms with Crippen molar-refractivity contribution >= 4 is 29.1 Å². The predicted molar refractivity (Wildman–Crippen MR) is 160 cm³/mol. The fourth-order valence-electron chi connectivity index (χ4n) is 6.38. The number of ether oxygens (including phenoxy) is 3. The van der Waals surface area contributed by atoms with Gasteiger partial charge < -0.3 is 24.0 Å². The van der Waals surface area contributed by atoms with Crippen molar-refractivity contribution in [3.63, 3.8) is 0 Å². The molecule has 258 valence electrons. The van der Waals surface area contributed by atoms with Crippen LogP contribution in [0.5, 0.6) is 17.2 Å². The number of hydrogen-bond acceptors (Lipinski definition) is 6. The van der Waals surface area contributed by atoms with Gasteiger partial charge in [0.1, 0.15) is 23.4 Å². The molecule has 2 aliphatic rings. The molecule has 0 N–H and O–H groups in total. The summed E-state index contributed by atoms with van der Waals surface area (Å²) >= 11 is 6.21. The summed E-state index contributed by atoms with van der Waals surface area (Å²) in [6.07, 6.45) is -12.5. The van der Waals surface area contributed by atoms with Gasteiger partial charge in [-0.2, -0.15) is 13.2 Å². The Balaban J connectivity index is 1.88. The molecule has 3 atom stereocenters. The maximum atomic E-state index is 15.4. The number of nitrogens with zero attached hydrogens (tertiary/aromatic N) is 3. The lowest BCUT2D eigenvalue weighted by Crippen LogP contribution is -2.58. The van der Waals surface area contributed by atoms with Gasteiger partial charge in [-0.15, -0.1) is 13.2 Å². The molecule has 3 aromatic rings. The number of carbonyl (C=O) groups excluding carboxylic acids is 2. The predicted octanol–water partition coefficient (Wildman–Crippen LogP) is 6.57. The molecule has 0 aromatic heterocycles. The highest BCUT2D eigenvalue weighted by Gasteiger charge is 2.62. The molecule has 0 aliphatic carbocycles. The second kappa shape index (κ2) is 12.7. The molecule has 1 saturated heterocycles. The molecule has 0 saturated carbocycles. The minimum Gasteiger partial charge on any atom is -0.497 e. The molecule has 0 bridgehead atoms. The molecule has 0 radical (unpaired) electrons. The van der Waals surface area contributed by atoms with Crippen LogP contribution in [0.4, 0.5) is 36.4 Å². The van der Waals surface area contributed by atoms with Crippen molar-refractivity contribution in [3.05, 3.63) is 81.9 Å². The van der Waals surface area contributed by atoms with Crippen LogP contribution in [-0.2, 0) is 27.8 Å². The number of amides is 2. The molecular formula is C32H29ClF7N3O5. The number of carbonyl (C=O) groups is 2. The van der Waals surface area contributed by atoms with Crippen LogP contribution in [0.15, 0.2) is 54.6 Å². The van der Waals surface area contributed by atoms with Gasteiger partial charge in [0, 0.05) is 49.8 Å². The summed E-state index contributed by atoms with van der Waals surface area (Å²) in [4.78, 5) is 31.8. The lowest BCUT2D eigenvalue weighted by Gasteiger charge is -2.42. The Morgan fingerprint density at radius 1 is 0.979 bits per heavy atom. The molecule has 16 heteroatoms. The van der Waals surface area contributed by atoms with Gasteiger partial charge in [-0.25, -0.2) is 4.39 Å². The minimum atomic E-state index is -5.28. The van der Waals surface area contributed by atoms with E-state index in [4.69, 9.17) is 21.1 Å². The molecule has 0 spiro atoms. The summed E-state index contributed by atoms with van der Waals surface area (Å²) in [6, 6.07) is 9.03. The van der Waals surface area contributed by atoms with Crippen LogP contribution in [-0.4, -0.2) is 75.0 Å². The van der Waals surface area contributed by atoms with Crippen molar-refractivity contribution in [3.8, 4) is 17.2 Å². The highest BCUT2D eigenvalue weighted by atomic mass is 35.5. The van der Waals surface area contributed by atoms with Gasteiger partial charge >= 0.3 is 12.5 Å².